The highest BCUT2D eigenvalue weighted by molar-refractivity contribution is 6.20. The molecule has 2 aliphatic heterocycles. The van der Waals surface area contributed by atoms with Gasteiger partial charge in [0.1, 0.15) is 0 Å². The minimum Gasteiger partial charge on any atom is -0.494 e. The zero-order chi connectivity index (χ0) is 13.4. The molecule has 2 heterocycles. The molecule has 0 amide bonds. The molecule has 2 atom stereocenters. The second-order valence-corrected chi connectivity index (χ2v) is 6.18. The monoisotopic (exact) mass is 283 g/mol. The molecule has 1 aromatic rings. The number of piperidine rings is 1. The Morgan fingerprint density at radius 3 is 2.63 bits per heavy atom. The summed E-state index contributed by atoms with van der Waals surface area (Å²) in [7, 11) is 1.50. The Balaban J connectivity index is 1.79. The summed E-state index contributed by atoms with van der Waals surface area (Å²) in [6, 6.07) is 6.41. The second kappa shape index (κ2) is 5.29. The van der Waals surface area contributed by atoms with Gasteiger partial charge in [0.05, 0.1) is 7.11 Å². The lowest BCUT2D eigenvalue weighted by molar-refractivity contribution is 0.132. The molecule has 4 heteroatoms. The highest BCUT2D eigenvalue weighted by Gasteiger charge is 2.40. The van der Waals surface area contributed by atoms with Crippen LogP contribution in [0.1, 0.15) is 31.2 Å². The van der Waals surface area contributed by atoms with E-state index < -0.39 is 0 Å². The lowest BCUT2D eigenvalue weighted by Gasteiger charge is -2.37. The fourth-order valence-electron chi connectivity index (χ4n) is 3.50. The molecule has 2 nitrogen and oxygen atoms in total. The van der Waals surface area contributed by atoms with Crippen LogP contribution in [0.25, 0.3) is 0 Å². The van der Waals surface area contributed by atoms with Crippen molar-refractivity contribution in [2.75, 3.05) is 7.11 Å². The number of nitrogens with zero attached hydrogens (tertiary/aromatic N) is 1. The van der Waals surface area contributed by atoms with Crippen LogP contribution in [0, 0.1) is 5.82 Å². The highest BCUT2D eigenvalue weighted by Crippen LogP contribution is 2.39. The highest BCUT2D eigenvalue weighted by atomic mass is 35.5. The first-order valence-electron chi connectivity index (χ1n) is 6.90. The quantitative estimate of drug-likeness (QED) is 0.787. The van der Waals surface area contributed by atoms with E-state index in [0.29, 0.717) is 29.8 Å². The van der Waals surface area contributed by atoms with Crippen molar-refractivity contribution in [1.82, 2.24) is 4.90 Å². The minimum absolute atomic E-state index is 0.225. The van der Waals surface area contributed by atoms with Gasteiger partial charge in [-0.1, -0.05) is 12.1 Å². The Bertz CT molecular complexity index is 453. The maximum atomic E-state index is 14.2. The molecule has 1 aromatic carbocycles. The molecule has 2 unspecified atom stereocenters. The molecule has 2 fully saturated rings. The van der Waals surface area contributed by atoms with Gasteiger partial charge < -0.3 is 4.74 Å². The van der Waals surface area contributed by atoms with Crippen LogP contribution in [0.5, 0.6) is 5.75 Å². The van der Waals surface area contributed by atoms with Crippen molar-refractivity contribution in [3.05, 3.63) is 29.6 Å². The lowest BCUT2D eigenvalue weighted by Crippen LogP contribution is -2.42. The van der Waals surface area contributed by atoms with Crippen molar-refractivity contribution < 1.29 is 9.13 Å². The average molecular weight is 284 g/mol. The van der Waals surface area contributed by atoms with Crippen LogP contribution >= 0.6 is 11.6 Å². The first-order valence-corrected chi connectivity index (χ1v) is 7.34. The van der Waals surface area contributed by atoms with E-state index in [4.69, 9.17) is 16.3 Å². The molecule has 0 aliphatic carbocycles. The van der Waals surface area contributed by atoms with Gasteiger partial charge in [0.15, 0.2) is 11.6 Å². The van der Waals surface area contributed by atoms with Gasteiger partial charge in [0.25, 0.3) is 0 Å². The molecule has 0 radical (unpaired) electrons. The third-order valence-corrected chi connectivity index (χ3v) is 4.80. The number of methoxy groups -OCH3 is 1. The predicted molar refractivity (Wildman–Crippen MR) is 74.2 cm³/mol. The first-order chi connectivity index (χ1) is 9.19. The van der Waals surface area contributed by atoms with Crippen LogP contribution in [-0.4, -0.2) is 29.5 Å². The largest absolute Gasteiger partial charge is 0.494 e. The standard InChI is InChI=1S/C15H19ClFNO/c1-19-14-4-2-3-10(15(14)17)9-18-12-5-6-13(18)8-11(16)7-12/h2-4,11-13H,5-9H2,1H3. The Hall–Kier alpha value is -0.800. The number of alkyl halides is 1. The third kappa shape index (κ3) is 2.46. The van der Waals surface area contributed by atoms with Crippen molar-refractivity contribution in [2.24, 2.45) is 0 Å². The topological polar surface area (TPSA) is 12.5 Å². The maximum absolute atomic E-state index is 14.2. The Kier molecular flexibility index (Phi) is 3.68. The van der Waals surface area contributed by atoms with E-state index in [2.05, 4.69) is 4.90 Å². The predicted octanol–water partition coefficient (Wildman–Crippen LogP) is 3.57. The smallest absolute Gasteiger partial charge is 0.169 e. The lowest BCUT2D eigenvalue weighted by atomic mass is 10.0. The first kappa shape index (κ1) is 13.2. The van der Waals surface area contributed by atoms with E-state index >= 15 is 0 Å². The molecule has 2 saturated heterocycles. The summed E-state index contributed by atoms with van der Waals surface area (Å²) in [6.07, 6.45) is 4.45. The number of benzene rings is 1. The number of rotatable bonds is 3. The molecule has 0 saturated carbocycles. The number of hydrogen-bond donors (Lipinski definition) is 0. The van der Waals surface area contributed by atoms with Crippen LogP contribution in [0.15, 0.2) is 18.2 Å². The Labute approximate surface area is 118 Å². The van der Waals surface area contributed by atoms with Crippen molar-refractivity contribution in [2.45, 2.75) is 49.7 Å². The van der Waals surface area contributed by atoms with Crippen LogP contribution in [-0.2, 0) is 6.54 Å². The van der Waals surface area contributed by atoms with Crippen LogP contribution < -0.4 is 4.74 Å². The molecular weight excluding hydrogens is 265 g/mol. The van der Waals surface area contributed by atoms with E-state index in [1.165, 1.54) is 20.0 Å². The number of halogens is 2. The fraction of sp³-hybridized carbons (Fsp3) is 0.600. The van der Waals surface area contributed by atoms with E-state index in [-0.39, 0.29) is 5.82 Å². The summed E-state index contributed by atoms with van der Waals surface area (Å²) in [5.41, 5.74) is 0.726. The molecule has 104 valence electrons. The summed E-state index contributed by atoms with van der Waals surface area (Å²) in [5.74, 6) is 0.106. The van der Waals surface area contributed by atoms with Crippen LogP contribution in [0.2, 0.25) is 0 Å². The third-order valence-electron chi connectivity index (χ3n) is 4.44. The number of fused-ring (bicyclic) bond motifs is 2. The van der Waals surface area contributed by atoms with Gasteiger partial charge in [0, 0.05) is 29.6 Å². The maximum Gasteiger partial charge on any atom is 0.169 e. The Morgan fingerprint density at radius 1 is 1.32 bits per heavy atom. The van der Waals surface area contributed by atoms with Gasteiger partial charge in [-0.05, 0) is 31.7 Å². The van der Waals surface area contributed by atoms with Gasteiger partial charge in [-0.25, -0.2) is 4.39 Å². The van der Waals surface area contributed by atoms with Gasteiger partial charge in [-0.15, -0.1) is 11.6 Å². The van der Waals surface area contributed by atoms with Crippen molar-refractivity contribution >= 4 is 11.6 Å². The molecule has 0 spiro atoms. The molecule has 2 bridgehead atoms. The zero-order valence-corrected chi connectivity index (χ0v) is 11.9. The summed E-state index contributed by atoms with van der Waals surface area (Å²) in [4.78, 5) is 2.43. The minimum atomic E-state index is -0.225. The summed E-state index contributed by atoms with van der Waals surface area (Å²) in [5, 5.41) is 0.295. The van der Waals surface area contributed by atoms with E-state index in [0.717, 1.165) is 18.4 Å². The average Bonchev–Trinajstić information content (AvgIpc) is 2.64. The van der Waals surface area contributed by atoms with E-state index in [9.17, 15) is 4.39 Å². The molecule has 0 N–H and O–H groups in total. The van der Waals surface area contributed by atoms with Gasteiger partial charge in [-0.2, -0.15) is 0 Å². The van der Waals surface area contributed by atoms with Crippen molar-refractivity contribution in [3.8, 4) is 5.75 Å². The normalized spacial score (nSPS) is 30.6. The van der Waals surface area contributed by atoms with Crippen LogP contribution in [0.3, 0.4) is 0 Å². The van der Waals surface area contributed by atoms with E-state index in [1.807, 2.05) is 12.1 Å². The zero-order valence-electron chi connectivity index (χ0n) is 11.1. The molecule has 19 heavy (non-hydrogen) atoms. The molecule has 0 aromatic heterocycles. The van der Waals surface area contributed by atoms with E-state index in [1.54, 1.807) is 6.07 Å². The Morgan fingerprint density at radius 2 is 2.00 bits per heavy atom. The van der Waals surface area contributed by atoms with Crippen LogP contribution in [0.4, 0.5) is 4.39 Å². The molecular formula is C15H19ClFNO. The second-order valence-electron chi connectivity index (χ2n) is 5.56. The van der Waals surface area contributed by atoms with Crippen molar-refractivity contribution in [1.29, 1.82) is 0 Å². The molecule has 2 aliphatic rings. The van der Waals surface area contributed by atoms with Gasteiger partial charge >= 0.3 is 0 Å². The summed E-state index contributed by atoms with van der Waals surface area (Å²) in [6.45, 7) is 0.669. The van der Waals surface area contributed by atoms with Gasteiger partial charge in [-0.3, -0.25) is 4.90 Å². The SMILES string of the molecule is COc1cccc(CN2C3CCC2CC(Cl)C3)c1F. The number of ether oxygens (including phenoxy) is 1. The fourth-order valence-corrected chi connectivity index (χ4v) is 3.91. The molecule has 3 rings (SSSR count). The summed E-state index contributed by atoms with van der Waals surface area (Å²) >= 11 is 6.27. The van der Waals surface area contributed by atoms with Crippen molar-refractivity contribution in [3.63, 3.8) is 0 Å². The van der Waals surface area contributed by atoms with Gasteiger partial charge in [0.2, 0.25) is 0 Å². The summed E-state index contributed by atoms with van der Waals surface area (Å²) < 4.78 is 19.2. The number of hydrogen-bond acceptors (Lipinski definition) is 2.